The summed E-state index contributed by atoms with van der Waals surface area (Å²) in [6, 6.07) is 11.9. The Hall–Kier alpha value is -3.22. The van der Waals surface area contributed by atoms with Crippen LogP contribution >= 0.6 is 0 Å². The third kappa shape index (κ3) is 5.72. The van der Waals surface area contributed by atoms with Gasteiger partial charge in [0, 0.05) is 23.4 Å². The smallest absolute Gasteiger partial charge is 0.307 e. The number of nitrogens with zero attached hydrogens (tertiary/aromatic N) is 2. The second-order valence-corrected chi connectivity index (χ2v) is 10.9. The molecule has 2 aromatic carbocycles. The van der Waals surface area contributed by atoms with Gasteiger partial charge in [-0.2, -0.15) is 0 Å². The molecule has 0 saturated heterocycles. The number of carbonyl (C=O) groups is 1. The minimum atomic E-state index is -0.896. The zero-order chi connectivity index (χ0) is 25.3. The van der Waals surface area contributed by atoms with Gasteiger partial charge in [0.25, 0.3) is 0 Å². The molecule has 3 aromatic rings. The fraction of sp³-hybridized carbons (Fsp3) is 0.500. The fourth-order valence-electron chi connectivity index (χ4n) is 5.62. The van der Waals surface area contributed by atoms with Crippen LogP contribution in [0.5, 0.6) is 11.5 Å². The molecular weight excluding hydrogens is 442 g/mol. The van der Waals surface area contributed by atoms with E-state index in [-0.39, 0.29) is 24.0 Å². The molecular formula is C28H37N3O4. The average Bonchev–Trinajstić information content (AvgIpc) is 3.08. The van der Waals surface area contributed by atoms with Crippen LogP contribution in [0.4, 0.5) is 11.6 Å². The number of methoxy groups -OCH3 is 1. The van der Waals surface area contributed by atoms with Crippen LogP contribution in [0.25, 0.3) is 11.0 Å². The number of rotatable bonds is 8. The van der Waals surface area contributed by atoms with E-state index in [0.29, 0.717) is 17.2 Å². The SMILES string of the molecule is COc1cc2c(cc1CC(=O)O)nc(Nc1ccc(OC(C)C)cc1)n2[C@@H]1C[C@H](C)CC(C)(C)C1. The molecule has 0 unspecified atom stereocenters. The van der Waals surface area contributed by atoms with Gasteiger partial charge in [-0.25, -0.2) is 4.98 Å². The molecule has 1 heterocycles. The van der Waals surface area contributed by atoms with Crippen LogP contribution < -0.4 is 14.8 Å². The van der Waals surface area contributed by atoms with E-state index in [1.807, 2.05) is 50.2 Å². The van der Waals surface area contributed by atoms with Crippen molar-refractivity contribution in [1.82, 2.24) is 9.55 Å². The van der Waals surface area contributed by atoms with Crippen LogP contribution in [0, 0.1) is 11.3 Å². The largest absolute Gasteiger partial charge is 0.496 e. The Kier molecular flexibility index (Phi) is 6.97. The second kappa shape index (κ2) is 9.80. The van der Waals surface area contributed by atoms with Gasteiger partial charge >= 0.3 is 5.97 Å². The van der Waals surface area contributed by atoms with E-state index < -0.39 is 5.97 Å². The summed E-state index contributed by atoms with van der Waals surface area (Å²) in [7, 11) is 1.58. The monoisotopic (exact) mass is 479 g/mol. The van der Waals surface area contributed by atoms with E-state index in [1.165, 1.54) is 6.42 Å². The number of benzene rings is 2. The molecule has 1 aliphatic rings. The number of carboxylic acids is 1. The molecule has 1 saturated carbocycles. The number of anilines is 2. The number of ether oxygens (including phenoxy) is 2. The van der Waals surface area contributed by atoms with Gasteiger partial charge in [0.2, 0.25) is 5.95 Å². The number of fused-ring (bicyclic) bond motifs is 1. The maximum Gasteiger partial charge on any atom is 0.307 e. The van der Waals surface area contributed by atoms with E-state index in [2.05, 4.69) is 30.7 Å². The van der Waals surface area contributed by atoms with Crippen molar-refractivity contribution in [3.8, 4) is 11.5 Å². The van der Waals surface area contributed by atoms with E-state index in [9.17, 15) is 9.90 Å². The number of aromatic nitrogens is 2. The summed E-state index contributed by atoms with van der Waals surface area (Å²) in [6.07, 6.45) is 3.30. The minimum absolute atomic E-state index is 0.112. The maximum atomic E-state index is 11.4. The lowest BCUT2D eigenvalue weighted by Gasteiger charge is -2.40. The summed E-state index contributed by atoms with van der Waals surface area (Å²) in [6.45, 7) is 11.0. The summed E-state index contributed by atoms with van der Waals surface area (Å²) in [5, 5.41) is 12.9. The molecule has 2 atom stereocenters. The van der Waals surface area contributed by atoms with E-state index in [1.54, 1.807) is 7.11 Å². The van der Waals surface area contributed by atoms with Crippen LogP contribution in [-0.4, -0.2) is 33.8 Å². The molecule has 1 fully saturated rings. The third-order valence-corrected chi connectivity index (χ3v) is 6.64. The standard InChI is InChI=1S/C28H37N3O4/c1-17(2)35-22-9-7-20(8-10-22)29-27-30-23-12-19(13-26(32)33)25(34-6)14-24(23)31(27)21-11-18(3)15-28(4,5)16-21/h7-10,12,14,17-18,21H,11,13,15-16H2,1-6H3,(H,29,30)(H,32,33)/t18-,21+/m0/s1. The van der Waals surface area contributed by atoms with Crippen LogP contribution in [0.2, 0.25) is 0 Å². The highest BCUT2D eigenvalue weighted by Crippen LogP contribution is 2.46. The maximum absolute atomic E-state index is 11.4. The summed E-state index contributed by atoms with van der Waals surface area (Å²) < 4.78 is 13.7. The molecule has 188 valence electrons. The van der Waals surface area contributed by atoms with Crippen molar-refractivity contribution in [2.45, 2.75) is 72.4 Å². The minimum Gasteiger partial charge on any atom is -0.496 e. The van der Waals surface area contributed by atoms with Crippen molar-refractivity contribution in [3.05, 3.63) is 42.0 Å². The molecule has 0 amide bonds. The van der Waals surface area contributed by atoms with Crippen molar-refractivity contribution < 1.29 is 19.4 Å². The molecule has 1 aliphatic carbocycles. The number of hydrogen-bond acceptors (Lipinski definition) is 5. The van der Waals surface area contributed by atoms with Crippen molar-refractivity contribution in [2.75, 3.05) is 12.4 Å². The summed E-state index contributed by atoms with van der Waals surface area (Å²) in [5.41, 5.74) is 3.47. The van der Waals surface area contributed by atoms with Gasteiger partial charge in [-0.05, 0) is 74.8 Å². The molecule has 7 heteroatoms. The number of carboxylic acid groups (broad SMARTS) is 1. The van der Waals surface area contributed by atoms with Crippen molar-refractivity contribution in [3.63, 3.8) is 0 Å². The summed E-state index contributed by atoms with van der Waals surface area (Å²) in [5.74, 6) is 1.85. The van der Waals surface area contributed by atoms with Gasteiger partial charge < -0.3 is 24.5 Å². The molecule has 7 nitrogen and oxygen atoms in total. The van der Waals surface area contributed by atoms with Crippen molar-refractivity contribution >= 4 is 28.6 Å². The molecule has 35 heavy (non-hydrogen) atoms. The zero-order valence-corrected chi connectivity index (χ0v) is 21.6. The Morgan fingerprint density at radius 1 is 1.23 bits per heavy atom. The Morgan fingerprint density at radius 2 is 1.94 bits per heavy atom. The lowest BCUT2D eigenvalue weighted by molar-refractivity contribution is -0.136. The molecule has 4 rings (SSSR count). The second-order valence-electron chi connectivity index (χ2n) is 10.9. The number of hydrogen-bond donors (Lipinski definition) is 2. The molecule has 1 aromatic heterocycles. The molecule has 0 bridgehead atoms. The Labute approximate surface area is 207 Å². The number of imidazole rings is 1. The number of nitrogens with one attached hydrogen (secondary N) is 1. The van der Waals surface area contributed by atoms with Crippen molar-refractivity contribution in [1.29, 1.82) is 0 Å². The summed E-state index contributed by atoms with van der Waals surface area (Å²) in [4.78, 5) is 16.4. The predicted octanol–water partition coefficient (Wildman–Crippen LogP) is 6.59. The van der Waals surface area contributed by atoms with Crippen molar-refractivity contribution in [2.24, 2.45) is 11.3 Å². The first-order chi connectivity index (χ1) is 16.5. The van der Waals surface area contributed by atoms with Crippen LogP contribution in [0.1, 0.15) is 65.5 Å². The summed E-state index contributed by atoms with van der Waals surface area (Å²) >= 11 is 0. The quantitative estimate of drug-likeness (QED) is 0.379. The number of aliphatic carboxylic acids is 1. The lowest BCUT2D eigenvalue weighted by Crippen LogP contribution is -2.29. The van der Waals surface area contributed by atoms with E-state index in [4.69, 9.17) is 14.5 Å². The molecule has 0 spiro atoms. The van der Waals surface area contributed by atoms with E-state index >= 15 is 0 Å². The van der Waals surface area contributed by atoms with Gasteiger partial charge in [-0.1, -0.05) is 20.8 Å². The van der Waals surface area contributed by atoms with Gasteiger partial charge in [-0.3, -0.25) is 4.79 Å². The normalized spacial score (nSPS) is 19.6. The van der Waals surface area contributed by atoms with Gasteiger partial charge in [0.05, 0.1) is 30.7 Å². The fourth-order valence-corrected chi connectivity index (χ4v) is 5.62. The van der Waals surface area contributed by atoms with Crippen LogP contribution in [0.3, 0.4) is 0 Å². The average molecular weight is 480 g/mol. The molecule has 0 aliphatic heterocycles. The van der Waals surface area contributed by atoms with Crippen LogP contribution in [0.15, 0.2) is 36.4 Å². The third-order valence-electron chi connectivity index (χ3n) is 6.64. The first-order valence-electron chi connectivity index (χ1n) is 12.4. The predicted molar refractivity (Wildman–Crippen MR) is 139 cm³/mol. The first-order valence-corrected chi connectivity index (χ1v) is 12.4. The highest BCUT2D eigenvalue weighted by Gasteiger charge is 2.35. The molecule has 2 N–H and O–H groups in total. The van der Waals surface area contributed by atoms with Gasteiger partial charge in [0.1, 0.15) is 11.5 Å². The Balaban J connectivity index is 1.80. The van der Waals surface area contributed by atoms with Gasteiger partial charge in [-0.15, -0.1) is 0 Å². The molecule has 0 radical (unpaired) electrons. The Bertz CT molecular complexity index is 1200. The lowest BCUT2D eigenvalue weighted by atomic mass is 9.70. The van der Waals surface area contributed by atoms with Gasteiger partial charge in [0.15, 0.2) is 0 Å². The Morgan fingerprint density at radius 3 is 2.54 bits per heavy atom. The van der Waals surface area contributed by atoms with Crippen LogP contribution in [-0.2, 0) is 11.2 Å². The topological polar surface area (TPSA) is 85.6 Å². The highest BCUT2D eigenvalue weighted by molar-refractivity contribution is 5.84. The zero-order valence-electron chi connectivity index (χ0n) is 21.6. The van der Waals surface area contributed by atoms with E-state index in [0.717, 1.165) is 41.3 Å². The highest BCUT2D eigenvalue weighted by atomic mass is 16.5. The first kappa shape index (κ1) is 24.9.